The van der Waals surface area contributed by atoms with Crippen LogP contribution >= 0.6 is 11.6 Å². The minimum Gasteiger partial charge on any atom is -0.504 e. The van der Waals surface area contributed by atoms with Crippen molar-refractivity contribution in [3.63, 3.8) is 0 Å². The Kier molecular flexibility index (Phi) is 7.05. The molecule has 0 aliphatic heterocycles. The second-order valence-electron chi connectivity index (χ2n) is 6.38. The van der Waals surface area contributed by atoms with Crippen molar-refractivity contribution >= 4 is 38.9 Å². The third kappa shape index (κ3) is 4.01. The standard InChI is InChI=1S/C17H24ClN3O6S/c1-5-9(6-2)19-12-13(16(24)15(12)23)20-11-8-7-10(18)17(14(11)22)28(25,26)21(3)27-4/h7-9,12-13,19-20,22H,5-6H2,1-4H3. The lowest BCUT2D eigenvalue weighted by molar-refractivity contribution is -0.145. The summed E-state index contributed by atoms with van der Waals surface area (Å²) in [5.74, 6) is -1.86. The molecule has 0 spiro atoms. The van der Waals surface area contributed by atoms with Crippen LogP contribution in [0.4, 0.5) is 5.69 Å². The topological polar surface area (TPSA) is 125 Å². The van der Waals surface area contributed by atoms with Crippen molar-refractivity contribution in [3.05, 3.63) is 17.2 Å². The summed E-state index contributed by atoms with van der Waals surface area (Å²) in [6, 6.07) is 0.990. The molecule has 1 fully saturated rings. The summed E-state index contributed by atoms with van der Waals surface area (Å²) in [5, 5.41) is 16.2. The third-order valence-electron chi connectivity index (χ3n) is 4.79. The first-order valence-corrected chi connectivity index (χ1v) is 10.6. The molecule has 9 nitrogen and oxygen atoms in total. The molecular formula is C17H24ClN3O6S. The van der Waals surface area contributed by atoms with Crippen LogP contribution in [-0.2, 0) is 24.4 Å². The van der Waals surface area contributed by atoms with E-state index in [1.165, 1.54) is 12.1 Å². The average Bonchev–Trinajstić information content (AvgIpc) is 2.67. The SMILES string of the molecule is CCC(CC)NC1C(=O)C(=O)C1Nc1ccc(Cl)c(S(=O)(=O)N(C)OC)c1O. The predicted octanol–water partition coefficient (Wildman–Crippen LogP) is 1.31. The Hall–Kier alpha value is -1.72. The number of Topliss-reactive ketones (excluding diaryl/α,β-unsaturated/α-hetero) is 2. The Labute approximate surface area is 169 Å². The molecule has 0 heterocycles. The first-order chi connectivity index (χ1) is 13.1. The molecule has 0 amide bonds. The molecule has 1 aromatic carbocycles. The van der Waals surface area contributed by atoms with Gasteiger partial charge in [-0.15, -0.1) is 0 Å². The second-order valence-corrected chi connectivity index (χ2v) is 8.66. The van der Waals surface area contributed by atoms with E-state index in [4.69, 9.17) is 16.4 Å². The number of benzene rings is 1. The van der Waals surface area contributed by atoms with E-state index in [9.17, 15) is 23.1 Å². The van der Waals surface area contributed by atoms with Crippen molar-refractivity contribution < 1.29 is 28.0 Å². The number of hydrogen-bond donors (Lipinski definition) is 3. The Balaban J connectivity index is 2.35. The maximum absolute atomic E-state index is 12.5. The van der Waals surface area contributed by atoms with Gasteiger partial charge in [-0.3, -0.25) is 14.4 Å². The van der Waals surface area contributed by atoms with Gasteiger partial charge >= 0.3 is 0 Å². The van der Waals surface area contributed by atoms with Crippen molar-refractivity contribution in [2.45, 2.75) is 49.7 Å². The molecule has 1 aromatic rings. The maximum Gasteiger partial charge on any atom is 0.269 e. The molecule has 156 valence electrons. The summed E-state index contributed by atoms with van der Waals surface area (Å²) in [6.07, 6.45) is 1.55. The van der Waals surface area contributed by atoms with E-state index in [1.807, 2.05) is 13.8 Å². The van der Waals surface area contributed by atoms with Gasteiger partial charge in [-0.05, 0) is 25.0 Å². The molecule has 2 rings (SSSR count). The number of phenolic OH excluding ortho intramolecular Hbond substituents is 1. The van der Waals surface area contributed by atoms with Crippen LogP contribution in [0.5, 0.6) is 5.75 Å². The smallest absolute Gasteiger partial charge is 0.269 e. The number of nitrogens with one attached hydrogen (secondary N) is 2. The number of aromatic hydroxyl groups is 1. The van der Waals surface area contributed by atoms with Gasteiger partial charge in [0.15, 0.2) is 5.75 Å². The Morgan fingerprint density at radius 2 is 1.79 bits per heavy atom. The summed E-state index contributed by atoms with van der Waals surface area (Å²) in [7, 11) is -1.94. The molecule has 1 aliphatic rings. The highest BCUT2D eigenvalue weighted by molar-refractivity contribution is 7.89. The Bertz CT molecular complexity index is 872. The van der Waals surface area contributed by atoms with Gasteiger partial charge in [-0.25, -0.2) is 8.42 Å². The fraction of sp³-hybridized carbons (Fsp3) is 0.529. The normalized spacial score (nSPS) is 20.0. The van der Waals surface area contributed by atoms with Crippen LogP contribution in [0.1, 0.15) is 26.7 Å². The third-order valence-corrected chi connectivity index (χ3v) is 6.97. The lowest BCUT2D eigenvalue weighted by atomic mass is 9.82. The van der Waals surface area contributed by atoms with Crippen LogP contribution in [-0.4, -0.2) is 61.8 Å². The molecule has 0 radical (unpaired) electrons. The molecule has 1 aliphatic carbocycles. The number of carbonyl (C=O) groups is 2. The van der Waals surface area contributed by atoms with E-state index >= 15 is 0 Å². The van der Waals surface area contributed by atoms with E-state index in [0.717, 1.165) is 27.0 Å². The van der Waals surface area contributed by atoms with Crippen LogP contribution in [0.2, 0.25) is 5.02 Å². The fourth-order valence-electron chi connectivity index (χ4n) is 2.91. The summed E-state index contributed by atoms with van der Waals surface area (Å²) in [4.78, 5) is 28.1. The van der Waals surface area contributed by atoms with Crippen LogP contribution in [0, 0.1) is 0 Å². The van der Waals surface area contributed by atoms with Gasteiger partial charge in [0.25, 0.3) is 10.0 Å². The van der Waals surface area contributed by atoms with Gasteiger partial charge in [0.05, 0.1) is 17.8 Å². The molecular weight excluding hydrogens is 410 g/mol. The monoisotopic (exact) mass is 433 g/mol. The van der Waals surface area contributed by atoms with Gasteiger partial charge in [-0.1, -0.05) is 29.9 Å². The van der Waals surface area contributed by atoms with Crippen LogP contribution in [0.15, 0.2) is 17.0 Å². The lowest BCUT2D eigenvalue weighted by Gasteiger charge is -2.37. The van der Waals surface area contributed by atoms with Gasteiger partial charge < -0.3 is 15.7 Å². The number of nitrogens with zero attached hydrogens (tertiary/aromatic N) is 1. The number of hydrogen-bond acceptors (Lipinski definition) is 8. The van der Waals surface area contributed by atoms with E-state index in [0.29, 0.717) is 4.47 Å². The average molecular weight is 434 g/mol. The van der Waals surface area contributed by atoms with Crippen LogP contribution < -0.4 is 10.6 Å². The minimum absolute atomic E-state index is 0.0327. The second kappa shape index (κ2) is 8.75. The molecule has 2 atom stereocenters. The summed E-state index contributed by atoms with van der Waals surface area (Å²) < 4.78 is 25.6. The molecule has 0 saturated heterocycles. The fourth-order valence-corrected chi connectivity index (χ4v) is 4.48. The molecule has 11 heteroatoms. The van der Waals surface area contributed by atoms with Gasteiger partial charge in [0.2, 0.25) is 11.6 Å². The highest BCUT2D eigenvalue weighted by Gasteiger charge is 2.50. The minimum atomic E-state index is -4.24. The van der Waals surface area contributed by atoms with Gasteiger partial charge in [0, 0.05) is 13.1 Å². The zero-order chi connectivity index (χ0) is 21.2. The molecule has 3 N–H and O–H groups in total. The van der Waals surface area contributed by atoms with Crippen molar-refractivity contribution in [2.24, 2.45) is 0 Å². The number of rotatable bonds is 9. The molecule has 28 heavy (non-hydrogen) atoms. The zero-order valence-corrected chi connectivity index (χ0v) is 17.6. The number of phenols is 1. The first-order valence-electron chi connectivity index (χ1n) is 8.75. The van der Waals surface area contributed by atoms with Gasteiger partial charge in [0.1, 0.15) is 17.0 Å². The largest absolute Gasteiger partial charge is 0.504 e. The number of sulfonamides is 1. The first kappa shape index (κ1) is 22.6. The lowest BCUT2D eigenvalue weighted by Crippen LogP contribution is -2.68. The number of ketones is 2. The van der Waals surface area contributed by atoms with Crippen LogP contribution in [0.25, 0.3) is 0 Å². The van der Waals surface area contributed by atoms with Gasteiger partial charge in [-0.2, -0.15) is 0 Å². The number of halogens is 1. The maximum atomic E-state index is 12.5. The molecule has 0 bridgehead atoms. The molecule has 0 aromatic heterocycles. The van der Waals surface area contributed by atoms with Crippen molar-refractivity contribution in [3.8, 4) is 5.75 Å². The molecule has 1 saturated carbocycles. The Morgan fingerprint density at radius 3 is 2.32 bits per heavy atom. The Morgan fingerprint density at radius 1 is 1.21 bits per heavy atom. The van der Waals surface area contributed by atoms with Crippen molar-refractivity contribution in [1.29, 1.82) is 0 Å². The number of hydroxylamine groups is 1. The predicted molar refractivity (Wildman–Crippen MR) is 104 cm³/mol. The van der Waals surface area contributed by atoms with Crippen molar-refractivity contribution in [2.75, 3.05) is 19.5 Å². The van der Waals surface area contributed by atoms with E-state index < -0.39 is 44.3 Å². The highest BCUT2D eigenvalue weighted by atomic mass is 35.5. The summed E-state index contributed by atoms with van der Waals surface area (Å²) in [5.41, 5.74) is -0.0327. The van der Waals surface area contributed by atoms with E-state index in [-0.39, 0.29) is 16.8 Å². The number of carbonyl (C=O) groups excluding carboxylic acids is 2. The molecule has 2 unspecified atom stereocenters. The quantitative estimate of drug-likeness (QED) is 0.302. The number of anilines is 1. The summed E-state index contributed by atoms with van der Waals surface area (Å²) in [6.45, 7) is 3.92. The summed E-state index contributed by atoms with van der Waals surface area (Å²) >= 11 is 5.98. The van der Waals surface area contributed by atoms with Crippen LogP contribution in [0.3, 0.4) is 0 Å². The van der Waals surface area contributed by atoms with E-state index in [2.05, 4.69) is 10.6 Å². The highest BCUT2D eigenvalue weighted by Crippen LogP contribution is 2.39. The van der Waals surface area contributed by atoms with E-state index in [1.54, 1.807) is 0 Å². The zero-order valence-electron chi connectivity index (χ0n) is 16.0. The van der Waals surface area contributed by atoms with Crippen molar-refractivity contribution in [1.82, 2.24) is 9.79 Å².